The fraction of sp³-hybridized carbons (Fsp3) is 0.172. The molecule has 1 atom stereocenters. The Labute approximate surface area is 348 Å². The Balaban J connectivity index is 0.909. The van der Waals surface area contributed by atoms with Crippen molar-refractivity contribution in [3.05, 3.63) is 215 Å². The van der Waals surface area contributed by atoms with Gasteiger partial charge in [-0.25, -0.2) is 0 Å². The molecular weight excluding hydrogens is 713 g/mol. The molecule has 9 aromatic rings. The van der Waals surface area contributed by atoms with Crippen LogP contribution >= 0.6 is 0 Å². The van der Waals surface area contributed by atoms with Crippen LogP contribution in [0.5, 0.6) is 0 Å². The average molecular weight is 761 g/mol. The maximum absolute atomic E-state index is 6.11. The minimum absolute atomic E-state index is 0.0317. The normalized spacial score (nSPS) is 14.8. The zero-order chi connectivity index (χ0) is 39.9. The minimum atomic E-state index is -0.0820. The van der Waals surface area contributed by atoms with E-state index in [-0.39, 0.29) is 10.8 Å². The monoisotopic (exact) mass is 760 g/mol. The van der Waals surface area contributed by atoms with Crippen molar-refractivity contribution in [1.29, 1.82) is 0 Å². The van der Waals surface area contributed by atoms with Gasteiger partial charge in [-0.15, -0.1) is 0 Å². The topological polar surface area (TPSA) is 13.1 Å². The third-order valence-corrected chi connectivity index (χ3v) is 13.9. The zero-order valence-electron chi connectivity index (χ0n) is 34.4. The van der Waals surface area contributed by atoms with E-state index in [4.69, 9.17) is 4.42 Å². The predicted octanol–water partition coefficient (Wildman–Crippen LogP) is 15.5. The molecule has 11 rings (SSSR count). The molecule has 0 saturated heterocycles. The Bertz CT molecular complexity index is 3070. The summed E-state index contributed by atoms with van der Waals surface area (Å²) in [6, 6.07) is 65.7. The third-order valence-electron chi connectivity index (χ3n) is 13.9. The molecule has 1 heterocycles. The lowest BCUT2D eigenvalue weighted by molar-refractivity contribution is 0.611. The Morgan fingerprint density at radius 2 is 0.966 bits per heavy atom. The van der Waals surface area contributed by atoms with Gasteiger partial charge in [0, 0.05) is 21.6 Å². The molecule has 0 fully saturated rings. The van der Waals surface area contributed by atoms with Crippen molar-refractivity contribution in [3.8, 4) is 44.5 Å². The summed E-state index contributed by atoms with van der Waals surface area (Å²) in [5.74, 6) is 0.367. The summed E-state index contributed by atoms with van der Waals surface area (Å²) in [6.07, 6.45) is 3.08. The van der Waals surface area contributed by atoms with Gasteiger partial charge >= 0.3 is 0 Å². The Morgan fingerprint density at radius 1 is 0.407 bits per heavy atom. The minimum Gasteiger partial charge on any atom is -0.456 e. The number of hydrogen-bond donors (Lipinski definition) is 0. The first-order valence-electron chi connectivity index (χ1n) is 21.3. The third kappa shape index (κ3) is 5.90. The molecule has 1 nitrogen and oxygen atoms in total. The van der Waals surface area contributed by atoms with Crippen LogP contribution in [-0.2, 0) is 23.7 Å². The highest BCUT2D eigenvalue weighted by Gasteiger charge is 2.37. The molecule has 8 aromatic carbocycles. The van der Waals surface area contributed by atoms with Crippen LogP contribution in [0.25, 0.3) is 66.4 Å². The molecule has 1 aromatic heterocycles. The van der Waals surface area contributed by atoms with Crippen molar-refractivity contribution in [1.82, 2.24) is 0 Å². The van der Waals surface area contributed by atoms with Gasteiger partial charge in [0.2, 0.25) is 0 Å². The van der Waals surface area contributed by atoms with E-state index in [2.05, 4.69) is 191 Å². The first-order valence-corrected chi connectivity index (χ1v) is 21.3. The molecule has 2 aliphatic rings. The molecule has 0 N–H and O–H groups in total. The highest BCUT2D eigenvalue weighted by Crippen LogP contribution is 2.52. The van der Waals surface area contributed by atoms with Crippen LogP contribution in [0.4, 0.5) is 0 Å². The molecule has 0 spiro atoms. The standard InChI is InChI=1S/C58H48O/c1-57(2)51-16-10-8-14-45(51)47-30-26-44(36-53(47)57)41(24-20-37-18-22-40(23-19-37)42-27-31-56-50(34-42)49-15-9-11-17-55(49)59-56)32-38-21-28-46-48-29-25-43(39-12-6-5-7-13-39)35-54(48)58(3,4)52(46)33-38/h5-19,21-23,25-31,33-36,41H,20,24,32H2,1-4H3. The number of aryl methyl sites for hydroxylation is 1. The van der Waals surface area contributed by atoms with Gasteiger partial charge in [0.25, 0.3) is 0 Å². The van der Waals surface area contributed by atoms with Crippen LogP contribution < -0.4 is 0 Å². The highest BCUT2D eigenvalue weighted by atomic mass is 16.3. The van der Waals surface area contributed by atoms with Crippen LogP contribution in [-0.4, -0.2) is 0 Å². The summed E-state index contributed by atoms with van der Waals surface area (Å²) in [7, 11) is 0. The number of para-hydroxylation sites is 1. The molecule has 0 radical (unpaired) electrons. The summed E-state index contributed by atoms with van der Waals surface area (Å²) in [4.78, 5) is 0. The van der Waals surface area contributed by atoms with Gasteiger partial charge in [0.1, 0.15) is 11.2 Å². The fourth-order valence-corrected chi connectivity index (χ4v) is 10.5. The van der Waals surface area contributed by atoms with Gasteiger partial charge in [-0.2, -0.15) is 0 Å². The average Bonchev–Trinajstić information content (AvgIpc) is 3.84. The molecule has 0 saturated carbocycles. The van der Waals surface area contributed by atoms with Crippen molar-refractivity contribution in [3.63, 3.8) is 0 Å². The van der Waals surface area contributed by atoms with Crippen molar-refractivity contribution in [2.45, 2.75) is 63.7 Å². The van der Waals surface area contributed by atoms with E-state index in [9.17, 15) is 0 Å². The molecule has 2 aliphatic carbocycles. The van der Waals surface area contributed by atoms with Crippen LogP contribution in [0.1, 0.15) is 79.0 Å². The lowest BCUT2D eigenvalue weighted by Crippen LogP contribution is -2.16. The van der Waals surface area contributed by atoms with Gasteiger partial charge in [-0.05, 0) is 133 Å². The van der Waals surface area contributed by atoms with E-state index in [0.717, 1.165) is 30.4 Å². The van der Waals surface area contributed by atoms with Gasteiger partial charge in [0.05, 0.1) is 0 Å². The quantitative estimate of drug-likeness (QED) is 0.150. The van der Waals surface area contributed by atoms with Gasteiger partial charge in [-0.1, -0.05) is 179 Å². The van der Waals surface area contributed by atoms with Gasteiger partial charge < -0.3 is 4.42 Å². The second-order valence-electron chi connectivity index (χ2n) is 18.1. The summed E-state index contributed by atoms with van der Waals surface area (Å²) in [5.41, 5.74) is 22.3. The maximum Gasteiger partial charge on any atom is 0.135 e. The molecular formula is C58H48O. The second-order valence-corrected chi connectivity index (χ2v) is 18.1. The molecule has 0 bridgehead atoms. The zero-order valence-corrected chi connectivity index (χ0v) is 34.4. The smallest absolute Gasteiger partial charge is 0.135 e. The molecule has 286 valence electrons. The predicted molar refractivity (Wildman–Crippen MR) is 247 cm³/mol. The number of benzene rings is 8. The molecule has 1 unspecified atom stereocenters. The van der Waals surface area contributed by atoms with Crippen LogP contribution in [0, 0.1) is 0 Å². The Hall–Kier alpha value is -6.44. The van der Waals surface area contributed by atoms with Crippen molar-refractivity contribution in [2.75, 3.05) is 0 Å². The van der Waals surface area contributed by atoms with Crippen LogP contribution in [0.15, 0.2) is 180 Å². The van der Waals surface area contributed by atoms with E-state index in [1.165, 1.54) is 94.2 Å². The number of fused-ring (bicyclic) bond motifs is 9. The molecule has 0 amide bonds. The van der Waals surface area contributed by atoms with Gasteiger partial charge in [-0.3, -0.25) is 0 Å². The first kappa shape index (κ1) is 35.7. The van der Waals surface area contributed by atoms with E-state index in [1.54, 1.807) is 0 Å². The summed E-state index contributed by atoms with van der Waals surface area (Å²) in [6.45, 7) is 9.61. The van der Waals surface area contributed by atoms with E-state index < -0.39 is 0 Å². The summed E-state index contributed by atoms with van der Waals surface area (Å²) in [5, 5.41) is 2.33. The van der Waals surface area contributed by atoms with E-state index in [1.807, 2.05) is 12.1 Å². The lowest BCUT2D eigenvalue weighted by atomic mass is 9.78. The number of rotatable bonds is 8. The van der Waals surface area contributed by atoms with Crippen molar-refractivity contribution >= 4 is 21.9 Å². The van der Waals surface area contributed by atoms with Gasteiger partial charge in [0.15, 0.2) is 0 Å². The second kappa shape index (κ2) is 13.6. The molecule has 0 aliphatic heterocycles. The van der Waals surface area contributed by atoms with E-state index in [0.29, 0.717) is 5.92 Å². The number of furan rings is 1. The summed E-state index contributed by atoms with van der Waals surface area (Å²) >= 11 is 0. The lowest BCUT2D eigenvalue weighted by Gasteiger charge is -2.25. The first-order chi connectivity index (χ1) is 28.7. The Morgan fingerprint density at radius 3 is 1.80 bits per heavy atom. The largest absolute Gasteiger partial charge is 0.456 e. The highest BCUT2D eigenvalue weighted by molar-refractivity contribution is 6.06. The van der Waals surface area contributed by atoms with E-state index >= 15 is 0 Å². The molecule has 59 heavy (non-hydrogen) atoms. The Kier molecular flexibility index (Phi) is 8.21. The number of hydrogen-bond acceptors (Lipinski definition) is 1. The SMILES string of the molecule is CC1(C)c2cc(CC(CCc3ccc(-c4ccc5oc6ccccc6c5c4)cc3)c3ccc4c(c3)C(C)(C)c3ccccc3-4)ccc2-c2ccc(-c3ccccc3)cc21. The molecule has 1 heteroatoms. The van der Waals surface area contributed by atoms with Crippen LogP contribution in [0.3, 0.4) is 0 Å². The van der Waals surface area contributed by atoms with Crippen molar-refractivity contribution < 1.29 is 4.42 Å². The van der Waals surface area contributed by atoms with Crippen molar-refractivity contribution in [2.24, 2.45) is 0 Å². The van der Waals surface area contributed by atoms with Crippen LogP contribution in [0.2, 0.25) is 0 Å². The summed E-state index contributed by atoms with van der Waals surface area (Å²) < 4.78 is 6.11. The maximum atomic E-state index is 6.11. The fourth-order valence-electron chi connectivity index (χ4n) is 10.5.